The second-order valence-corrected chi connectivity index (χ2v) is 5.98. The van der Waals surface area contributed by atoms with Gasteiger partial charge in [-0.25, -0.2) is 0 Å². The number of nitrogens with one attached hydrogen (secondary N) is 2. The SMILES string of the molecule is CC(C)=C[C@H]1[C@@H](C(=O)Nc2c[nH]ccc2=O)C1(C)C. The first kappa shape index (κ1) is 13.6. The van der Waals surface area contributed by atoms with Gasteiger partial charge in [-0.15, -0.1) is 0 Å². The van der Waals surface area contributed by atoms with Crippen LogP contribution in [-0.2, 0) is 4.79 Å². The molecule has 1 aromatic heterocycles. The molecule has 2 atom stereocenters. The lowest BCUT2D eigenvalue weighted by atomic mass is 10.1. The minimum Gasteiger partial charge on any atom is -0.366 e. The highest BCUT2D eigenvalue weighted by molar-refractivity contribution is 5.95. The summed E-state index contributed by atoms with van der Waals surface area (Å²) in [7, 11) is 0. The average Bonchev–Trinajstić information content (AvgIpc) is 2.82. The number of carbonyl (C=O) groups excluding carboxylic acids is 1. The maximum atomic E-state index is 12.2. The minimum absolute atomic E-state index is 0.0388. The molecule has 1 amide bonds. The monoisotopic (exact) mass is 260 g/mol. The van der Waals surface area contributed by atoms with Gasteiger partial charge in [0.25, 0.3) is 0 Å². The predicted octanol–water partition coefficient (Wildman–Crippen LogP) is 2.55. The second kappa shape index (κ2) is 4.68. The van der Waals surface area contributed by atoms with Crippen molar-refractivity contribution in [1.29, 1.82) is 0 Å². The molecule has 1 aromatic rings. The van der Waals surface area contributed by atoms with Crippen LogP contribution in [0, 0.1) is 17.3 Å². The van der Waals surface area contributed by atoms with Crippen LogP contribution in [0.15, 0.2) is 34.9 Å². The van der Waals surface area contributed by atoms with Crippen molar-refractivity contribution in [3.8, 4) is 0 Å². The Morgan fingerprint density at radius 3 is 2.68 bits per heavy atom. The number of hydrogen-bond donors (Lipinski definition) is 2. The van der Waals surface area contributed by atoms with E-state index in [0.29, 0.717) is 5.69 Å². The number of aromatic nitrogens is 1. The van der Waals surface area contributed by atoms with E-state index in [1.54, 1.807) is 6.20 Å². The first-order valence-electron chi connectivity index (χ1n) is 6.47. The molecule has 0 spiro atoms. The van der Waals surface area contributed by atoms with Gasteiger partial charge in [-0.1, -0.05) is 25.5 Å². The predicted molar refractivity (Wildman–Crippen MR) is 75.9 cm³/mol. The fourth-order valence-corrected chi connectivity index (χ4v) is 2.57. The van der Waals surface area contributed by atoms with E-state index >= 15 is 0 Å². The van der Waals surface area contributed by atoms with E-state index in [1.807, 2.05) is 13.8 Å². The highest BCUT2D eigenvalue weighted by Crippen LogP contribution is 2.59. The van der Waals surface area contributed by atoms with Gasteiger partial charge in [-0.2, -0.15) is 0 Å². The Hall–Kier alpha value is -1.84. The average molecular weight is 260 g/mol. The first-order chi connectivity index (χ1) is 8.84. The fourth-order valence-electron chi connectivity index (χ4n) is 2.57. The third kappa shape index (κ3) is 2.62. The Bertz CT molecular complexity index is 580. The molecular weight excluding hydrogens is 240 g/mol. The molecule has 4 heteroatoms. The molecule has 0 radical (unpaired) electrons. The molecule has 0 aromatic carbocycles. The van der Waals surface area contributed by atoms with Crippen molar-refractivity contribution >= 4 is 11.6 Å². The number of carbonyl (C=O) groups is 1. The van der Waals surface area contributed by atoms with E-state index in [0.717, 1.165) is 0 Å². The molecule has 2 N–H and O–H groups in total. The van der Waals surface area contributed by atoms with Crippen molar-refractivity contribution in [2.75, 3.05) is 5.32 Å². The highest BCUT2D eigenvalue weighted by atomic mass is 16.2. The zero-order chi connectivity index (χ0) is 14.2. The van der Waals surface area contributed by atoms with Gasteiger partial charge in [0.2, 0.25) is 11.3 Å². The Kier molecular flexibility index (Phi) is 3.35. The van der Waals surface area contributed by atoms with E-state index in [-0.39, 0.29) is 28.6 Å². The van der Waals surface area contributed by atoms with Gasteiger partial charge in [0.05, 0.1) is 5.92 Å². The maximum Gasteiger partial charge on any atom is 0.228 e. The third-order valence-corrected chi connectivity index (χ3v) is 3.79. The van der Waals surface area contributed by atoms with Crippen LogP contribution in [0.2, 0.25) is 0 Å². The summed E-state index contributed by atoms with van der Waals surface area (Å²) in [6.07, 6.45) is 5.20. The third-order valence-electron chi connectivity index (χ3n) is 3.79. The molecule has 0 saturated heterocycles. The number of hydrogen-bond acceptors (Lipinski definition) is 2. The molecule has 102 valence electrons. The second-order valence-electron chi connectivity index (χ2n) is 5.98. The van der Waals surface area contributed by atoms with Crippen LogP contribution in [0.3, 0.4) is 0 Å². The Labute approximate surface area is 112 Å². The van der Waals surface area contributed by atoms with E-state index < -0.39 is 0 Å². The summed E-state index contributed by atoms with van der Waals surface area (Å²) in [6.45, 7) is 8.23. The van der Waals surface area contributed by atoms with Gasteiger partial charge in [0.1, 0.15) is 5.69 Å². The summed E-state index contributed by atoms with van der Waals surface area (Å²) >= 11 is 0. The van der Waals surface area contributed by atoms with Crippen molar-refractivity contribution in [2.45, 2.75) is 27.7 Å². The standard InChI is InChI=1S/C15H20N2O2/c1-9(2)7-10-13(15(10,3)4)14(19)17-11-8-16-6-5-12(11)18/h5-8,10,13H,1-4H3,(H,16,18)(H,17,19)/t10-,13-/m0/s1. The summed E-state index contributed by atoms with van der Waals surface area (Å²) in [5.41, 5.74) is 1.31. The number of anilines is 1. The van der Waals surface area contributed by atoms with Crippen LogP contribution >= 0.6 is 0 Å². The molecule has 19 heavy (non-hydrogen) atoms. The summed E-state index contributed by atoms with van der Waals surface area (Å²) in [6, 6.07) is 1.40. The van der Waals surface area contributed by atoms with Crippen LogP contribution in [0.25, 0.3) is 0 Å². The molecule has 1 aliphatic carbocycles. The van der Waals surface area contributed by atoms with Crippen LogP contribution < -0.4 is 10.7 Å². The molecular formula is C15H20N2O2. The molecule has 4 nitrogen and oxygen atoms in total. The lowest BCUT2D eigenvalue weighted by Crippen LogP contribution is -2.21. The molecule has 0 bridgehead atoms. The number of amides is 1. The first-order valence-corrected chi connectivity index (χ1v) is 6.47. The molecule has 1 heterocycles. The fraction of sp³-hybridized carbons (Fsp3) is 0.467. The maximum absolute atomic E-state index is 12.2. The molecule has 0 aliphatic heterocycles. The summed E-state index contributed by atoms with van der Waals surface area (Å²) in [5.74, 6) is 0.103. The van der Waals surface area contributed by atoms with Crippen molar-refractivity contribution in [2.24, 2.45) is 17.3 Å². The normalized spacial score (nSPS) is 23.6. The van der Waals surface area contributed by atoms with E-state index in [1.165, 1.54) is 17.8 Å². The molecule has 1 aliphatic rings. The molecule has 0 unspecified atom stereocenters. The van der Waals surface area contributed by atoms with E-state index in [4.69, 9.17) is 0 Å². The van der Waals surface area contributed by atoms with Gasteiger partial charge in [-0.3, -0.25) is 9.59 Å². The molecule has 1 saturated carbocycles. The Balaban J connectivity index is 2.13. The van der Waals surface area contributed by atoms with Crippen LogP contribution in [-0.4, -0.2) is 10.9 Å². The van der Waals surface area contributed by atoms with Gasteiger partial charge >= 0.3 is 0 Å². The van der Waals surface area contributed by atoms with Crippen LogP contribution in [0.5, 0.6) is 0 Å². The van der Waals surface area contributed by atoms with Gasteiger partial charge in [0.15, 0.2) is 0 Å². The number of rotatable bonds is 3. The summed E-state index contributed by atoms with van der Waals surface area (Å²) < 4.78 is 0. The topological polar surface area (TPSA) is 62.0 Å². The number of aromatic amines is 1. The lowest BCUT2D eigenvalue weighted by Gasteiger charge is -2.04. The Morgan fingerprint density at radius 1 is 1.42 bits per heavy atom. The van der Waals surface area contributed by atoms with Gasteiger partial charge in [0, 0.05) is 18.5 Å². The number of allylic oxidation sites excluding steroid dienone is 2. The van der Waals surface area contributed by atoms with Crippen LogP contribution in [0.1, 0.15) is 27.7 Å². The zero-order valence-electron chi connectivity index (χ0n) is 11.8. The highest BCUT2D eigenvalue weighted by Gasteiger charge is 2.60. The van der Waals surface area contributed by atoms with Gasteiger partial charge < -0.3 is 10.3 Å². The van der Waals surface area contributed by atoms with E-state index in [2.05, 4.69) is 30.2 Å². The number of pyridine rings is 1. The minimum atomic E-state index is -0.177. The Morgan fingerprint density at radius 2 is 2.11 bits per heavy atom. The van der Waals surface area contributed by atoms with Crippen molar-refractivity contribution < 1.29 is 4.79 Å². The quantitative estimate of drug-likeness (QED) is 0.820. The van der Waals surface area contributed by atoms with Crippen LogP contribution in [0.4, 0.5) is 5.69 Å². The lowest BCUT2D eigenvalue weighted by molar-refractivity contribution is -0.118. The molecule has 1 fully saturated rings. The van der Waals surface area contributed by atoms with Gasteiger partial charge in [-0.05, 0) is 25.2 Å². The van der Waals surface area contributed by atoms with Crippen molar-refractivity contribution in [3.05, 3.63) is 40.3 Å². The smallest absolute Gasteiger partial charge is 0.228 e. The summed E-state index contributed by atoms with van der Waals surface area (Å²) in [4.78, 5) is 26.6. The van der Waals surface area contributed by atoms with E-state index in [9.17, 15) is 9.59 Å². The van der Waals surface area contributed by atoms with Crippen molar-refractivity contribution in [3.63, 3.8) is 0 Å². The number of H-pyrrole nitrogens is 1. The van der Waals surface area contributed by atoms with Crippen molar-refractivity contribution in [1.82, 2.24) is 4.98 Å². The summed E-state index contributed by atoms with van der Waals surface area (Å²) in [5, 5.41) is 2.72. The molecule has 2 rings (SSSR count). The largest absolute Gasteiger partial charge is 0.366 e. The zero-order valence-corrected chi connectivity index (χ0v) is 11.8.